The Balaban J connectivity index is 2.45. The van der Waals surface area contributed by atoms with Crippen molar-refractivity contribution in [2.75, 3.05) is 6.26 Å². The van der Waals surface area contributed by atoms with Gasteiger partial charge in [-0.1, -0.05) is 23.7 Å². The van der Waals surface area contributed by atoms with Crippen LogP contribution < -0.4 is 0 Å². The summed E-state index contributed by atoms with van der Waals surface area (Å²) < 4.78 is 22.5. The van der Waals surface area contributed by atoms with E-state index in [0.717, 1.165) is 5.56 Å². The van der Waals surface area contributed by atoms with Crippen LogP contribution in [0.5, 0.6) is 0 Å². The Morgan fingerprint density at radius 1 is 1.25 bits per heavy atom. The maximum Gasteiger partial charge on any atom is 0.175 e. The lowest BCUT2D eigenvalue weighted by Gasteiger charge is -2.01. The van der Waals surface area contributed by atoms with Crippen molar-refractivity contribution >= 4 is 21.4 Å². The molecule has 0 saturated heterocycles. The highest BCUT2D eigenvalue weighted by molar-refractivity contribution is 7.90. The Bertz CT molecular complexity index is 602. The third-order valence-corrected chi connectivity index (χ3v) is 3.58. The van der Waals surface area contributed by atoms with Crippen LogP contribution in [0.3, 0.4) is 0 Å². The minimum atomic E-state index is -3.16. The molecule has 0 saturated carbocycles. The highest BCUT2D eigenvalue weighted by Gasteiger charge is 2.09. The molecule has 1 N–H and O–H groups in total. The molecule has 0 spiro atoms. The van der Waals surface area contributed by atoms with E-state index in [9.17, 15) is 8.42 Å². The van der Waals surface area contributed by atoms with Gasteiger partial charge in [0, 0.05) is 11.8 Å². The molecule has 0 atom stereocenters. The number of nitrogens with one attached hydrogen (secondary N) is 1. The predicted octanol–water partition coefficient (Wildman–Crippen LogP) is 2.13. The van der Waals surface area contributed by atoms with Crippen molar-refractivity contribution in [3.05, 3.63) is 35.5 Å². The van der Waals surface area contributed by atoms with E-state index >= 15 is 0 Å². The summed E-state index contributed by atoms with van der Waals surface area (Å²) in [6.07, 6.45) is 2.67. The summed E-state index contributed by atoms with van der Waals surface area (Å²) >= 11 is 5.89. The second-order valence-corrected chi connectivity index (χ2v) is 5.81. The van der Waals surface area contributed by atoms with Crippen molar-refractivity contribution < 1.29 is 8.42 Å². The second-order valence-electron chi connectivity index (χ2n) is 3.39. The summed E-state index contributed by atoms with van der Waals surface area (Å²) in [4.78, 5) is 0.284. The normalized spacial score (nSPS) is 11.6. The Morgan fingerprint density at radius 3 is 2.31 bits per heavy atom. The average molecular weight is 257 g/mol. The number of rotatable bonds is 2. The van der Waals surface area contributed by atoms with Gasteiger partial charge < -0.3 is 0 Å². The number of hydrogen-bond donors (Lipinski definition) is 1. The molecule has 0 aliphatic carbocycles. The molecule has 2 rings (SSSR count). The molecule has 84 valence electrons. The van der Waals surface area contributed by atoms with Gasteiger partial charge >= 0.3 is 0 Å². The second kappa shape index (κ2) is 3.92. The lowest BCUT2D eigenvalue weighted by Crippen LogP contribution is -1.96. The summed E-state index contributed by atoms with van der Waals surface area (Å²) in [7, 11) is -3.16. The molecule has 6 heteroatoms. The number of aromatic nitrogens is 2. The Labute approximate surface area is 98.2 Å². The SMILES string of the molecule is CS(=O)(=O)c1ccc(-c2[nH]ncc2Cl)cc1. The number of halogens is 1. The van der Waals surface area contributed by atoms with E-state index in [0.29, 0.717) is 10.7 Å². The minimum Gasteiger partial charge on any atom is -0.276 e. The lowest BCUT2D eigenvalue weighted by molar-refractivity contribution is 0.602. The first-order valence-corrected chi connectivity index (χ1v) is 6.75. The highest BCUT2D eigenvalue weighted by Crippen LogP contribution is 2.25. The van der Waals surface area contributed by atoms with Crippen LogP contribution in [-0.4, -0.2) is 24.9 Å². The maximum atomic E-state index is 11.3. The fourth-order valence-electron chi connectivity index (χ4n) is 1.34. The Hall–Kier alpha value is -1.33. The number of aromatic amines is 1. The van der Waals surface area contributed by atoms with E-state index in [-0.39, 0.29) is 4.90 Å². The summed E-state index contributed by atoms with van der Waals surface area (Å²) in [5.41, 5.74) is 1.48. The van der Waals surface area contributed by atoms with Gasteiger partial charge in [0.15, 0.2) is 9.84 Å². The van der Waals surface area contributed by atoms with E-state index in [1.54, 1.807) is 24.3 Å². The highest BCUT2D eigenvalue weighted by atomic mass is 35.5. The topological polar surface area (TPSA) is 62.8 Å². The fourth-order valence-corrected chi connectivity index (χ4v) is 2.17. The summed E-state index contributed by atoms with van der Waals surface area (Å²) in [6.45, 7) is 0. The van der Waals surface area contributed by atoms with Crippen LogP contribution in [0, 0.1) is 0 Å². The zero-order valence-corrected chi connectivity index (χ0v) is 10.0. The van der Waals surface area contributed by atoms with Crippen LogP contribution in [0.15, 0.2) is 35.4 Å². The molecule has 1 aromatic carbocycles. The molecule has 0 bridgehead atoms. The molecular weight excluding hydrogens is 248 g/mol. The minimum absolute atomic E-state index is 0.284. The van der Waals surface area contributed by atoms with E-state index in [1.165, 1.54) is 12.5 Å². The van der Waals surface area contributed by atoms with E-state index in [2.05, 4.69) is 10.2 Å². The van der Waals surface area contributed by atoms with Gasteiger partial charge in [0.05, 0.1) is 21.8 Å². The van der Waals surface area contributed by atoms with Gasteiger partial charge in [0.2, 0.25) is 0 Å². The molecule has 1 heterocycles. The van der Waals surface area contributed by atoms with Gasteiger partial charge in [-0.3, -0.25) is 5.10 Å². The molecule has 1 aromatic heterocycles. The molecule has 0 aliphatic rings. The first-order valence-electron chi connectivity index (χ1n) is 4.48. The monoisotopic (exact) mass is 256 g/mol. The van der Waals surface area contributed by atoms with Crippen LogP contribution in [0.1, 0.15) is 0 Å². The van der Waals surface area contributed by atoms with Crippen LogP contribution in [-0.2, 0) is 9.84 Å². The summed E-state index contributed by atoms with van der Waals surface area (Å²) in [5, 5.41) is 7.05. The van der Waals surface area contributed by atoms with Gasteiger partial charge in [-0.2, -0.15) is 5.10 Å². The van der Waals surface area contributed by atoms with Crippen molar-refractivity contribution in [1.82, 2.24) is 10.2 Å². The molecule has 0 amide bonds. The van der Waals surface area contributed by atoms with Gasteiger partial charge in [0.25, 0.3) is 0 Å². The van der Waals surface area contributed by atoms with Crippen molar-refractivity contribution in [1.29, 1.82) is 0 Å². The standard InChI is InChI=1S/C10H9ClN2O2S/c1-16(14,15)8-4-2-7(3-5-8)10-9(11)6-12-13-10/h2-6H,1H3,(H,12,13). The molecule has 0 fully saturated rings. The number of nitrogens with zero attached hydrogens (tertiary/aromatic N) is 1. The van der Waals surface area contributed by atoms with Crippen LogP contribution >= 0.6 is 11.6 Å². The number of hydrogen-bond acceptors (Lipinski definition) is 3. The zero-order valence-electron chi connectivity index (χ0n) is 8.44. The van der Waals surface area contributed by atoms with Crippen molar-refractivity contribution in [3.8, 4) is 11.3 Å². The van der Waals surface area contributed by atoms with Gasteiger partial charge in [-0.25, -0.2) is 8.42 Å². The molecule has 0 unspecified atom stereocenters. The average Bonchev–Trinajstić information content (AvgIpc) is 2.63. The largest absolute Gasteiger partial charge is 0.276 e. The summed E-state index contributed by atoms with van der Waals surface area (Å²) in [5.74, 6) is 0. The quantitative estimate of drug-likeness (QED) is 0.895. The van der Waals surface area contributed by atoms with E-state index < -0.39 is 9.84 Å². The van der Waals surface area contributed by atoms with Crippen molar-refractivity contribution in [2.24, 2.45) is 0 Å². The van der Waals surface area contributed by atoms with Crippen molar-refractivity contribution in [2.45, 2.75) is 4.90 Å². The Kier molecular flexibility index (Phi) is 2.73. The molecule has 16 heavy (non-hydrogen) atoms. The Morgan fingerprint density at radius 2 is 1.88 bits per heavy atom. The third-order valence-electron chi connectivity index (χ3n) is 2.16. The molecule has 4 nitrogen and oxygen atoms in total. The summed E-state index contributed by atoms with van der Waals surface area (Å²) in [6, 6.07) is 6.47. The lowest BCUT2D eigenvalue weighted by atomic mass is 10.2. The van der Waals surface area contributed by atoms with Gasteiger partial charge in [-0.15, -0.1) is 0 Å². The first-order chi connectivity index (χ1) is 7.48. The number of sulfone groups is 1. The molecule has 2 aromatic rings. The van der Waals surface area contributed by atoms with Crippen LogP contribution in [0.2, 0.25) is 5.02 Å². The van der Waals surface area contributed by atoms with Crippen molar-refractivity contribution in [3.63, 3.8) is 0 Å². The van der Waals surface area contributed by atoms with Crippen LogP contribution in [0.4, 0.5) is 0 Å². The smallest absolute Gasteiger partial charge is 0.175 e. The van der Waals surface area contributed by atoms with E-state index in [4.69, 9.17) is 11.6 Å². The van der Waals surface area contributed by atoms with Gasteiger partial charge in [0.1, 0.15) is 0 Å². The van der Waals surface area contributed by atoms with Gasteiger partial charge in [-0.05, 0) is 12.1 Å². The number of benzene rings is 1. The molecule has 0 radical (unpaired) electrons. The molecular formula is C10H9ClN2O2S. The van der Waals surface area contributed by atoms with Crippen LogP contribution in [0.25, 0.3) is 11.3 Å². The van der Waals surface area contributed by atoms with E-state index in [1.807, 2.05) is 0 Å². The predicted molar refractivity (Wildman–Crippen MR) is 62.1 cm³/mol. The number of H-pyrrole nitrogens is 1. The molecule has 0 aliphatic heterocycles. The zero-order chi connectivity index (χ0) is 11.8. The third kappa shape index (κ3) is 2.10. The fraction of sp³-hybridized carbons (Fsp3) is 0.100. The first kappa shape index (κ1) is 11.2. The maximum absolute atomic E-state index is 11.3.